The second-order valence-corrected chi connectivity index (χ2v) is 3.80. The number of aliphatic hydroxyl groups is 1. The molecule has 0 amide bonds. The van der Waals surface area contributed by atoms with Crippen LogP contribution in [0.4, 0.5) is 0 Å². The fraction of sp³-hybridized carbons (Fsp3) is 1.00. The average molecular weight is 174 g/mol. The molecule has 0 spiro atoms. The normalized spacial score (nSPS) is 17.0. The van der Waals surface area contributed by atoms with Crippen LogP contribution in [0.3, 0.4) is 0 Å². The van der Waals surface area contributed by atoms with Gasteiger partial charge < -0.3 is 10.0 Å². The van der Waals surface area contributed by atoms with E-state index in [4.69, 9.17) is 0 Å². The van der Waals surface area contributed by atoms with Gasteiger partial charge in [0.2, 0.25) is 0 Å². The third kappa shape index (κ3) is 4.04. The van der Waals surface area contributed by atoms with Gasteiger partial charge in [-0.2, -0.15) is 0 Å². The van der Waals surface area contributed by atoms with E-state index < -0.39 is 5.72 Å². The smallest absolute Gasteiger partial charge is 0.115 e. The summed E-state index contributed by atoms with van der Waals surface area (Å²) >= 11 is 0. The van der Waals surface area contributed by atoms with Gasteiger partial charge in [0.1, 0.15) is 5.72 Å². The molecule has 0 aliphatic rings. The van der Waals surface area contributed by atoms with E-state index in [2.05, 4.69) is 4.90 Å². The van der Waals surface area contributed by atoms with E-state index in [1.165, 1.54) is 0 Å². The zero-order chi connectivity index (χ0) is 9.78. The predicted molar refractivity (Wildman–Crippen MR) is 52.1 cm³/mol. The minimum Gasteiger partial charge on any atom is -0.376 e. The van der Waals surface area contributed by atoms with Crippen LogP contribution in [0.15, 0.2) is 0 Å². The van der Waals surface area contributed by atoms with E-state index in [0.717, 1.165) is 19.5 Å². The van der Waals surface area contributed by atoms with Crippen molar-refractivity contribution in [3.63, 3.8) is 0 Å². The summed E-state index contributed by atoms with van der Waals surface area (Å²) in [7, 11) is 6.02. The largest absolute Gasteiger partial charge is 0.376 e. The minimum atomic E-state index is -0.657. The Bertz CT molecular complexity index is 124. The molecule has 0 radical (unpaired) electrons. The van der Waals surface area contributed by atoms with Gasteiger partial charge in [-0.15, -0.1) is 0 Å². The van der Waals surface area contributed by atoms with Crippen molar-refractivity contribution in [3.8, 4) is 0 Å². The summed E-state index contributed by atoms with van der Waals surface area (Å²) in [6.07, 6.45) is 0.761. The van der Waals surface area contributed by atoms with Gasteiger partial charge in [0.15, 0.2) is 0 Å². The van der Waals surface area contributed by atoms with Crippen molar-refractivity contribution in [1.29, 1.82) is 0 Å². The van der Waals surface area contributed by atoms with Crippen molar-refractivity contribution in [2.45, 2.75) is 26.0 Å². The fourth-order valence-electron chi connectivity index (χ4n) is 0.861. The molecule has 0 saturated heterocycles. The number of hydrogen-bond donors (Lipinski definition) is 1. The summed E-state index contributed by atoms with van der Waals surface area (Å²) in [6, 6.07) is 0. The molecule has 0 heterocycles. The van der Waals surface area contributed by atoms with E-state index in [-0.39, 0.29) is 0 Å². The maximum Gasteiger partial charge on any atom is 0.115 e. The summed E-state index contributed by atoms with van der Waals surface area (Å²) in [5.41, 5.74) is -0.657. The Labute approximate surface area is 76.0 Å². The first-order valence-electron chi connectivity index (χ1n) is 4.48. The summed E-state index contributed by atoms with van der Waals surface area (Å²) in [5.74, 6) is 0. The molecular weight excluding hydrogens is 152 g/mol. The van der Waals surface area contributed by atoms with Crippen molar-refractivity contribution in [2.24, 2.45) is 0 Å². The maximum atomic E-state index is 9.81. The Morgan fingerprint density at radius 1 is 1.17 bits per heavy atom. The highest BCUT2D eigenvalue weighted by molar-refractivity contribution is 4.69. The lowest BCUT2D eigenvalue weighted by Gasteiger charge is -2.33. The van der Waals surface area contributed by atoms with Crippen molar-refractivity contribution < 1.29 is 5.11 Å². The summed E-state index contributed by atoms with van der Waals surface area (Å²) in [6.45, 7) is 5.72. The summed E-state index contributed by atoms with van der Waals surface area (Å²) in [4.78, 5) is 4.09. The quantitative estimate of drug-likeness (QED) is 0.618. The molecule has 1 atom stereocenters. The van der Waals surface area contributed by atoms with E-state index in [1.54, 1.807) is 0 Å². The van der Waals surface area contributed by atoms with Crippen molar-refractivity contribution in [3.05, 3.63) is 0 Å². The van der Waals surface area contributed by atoms with Crippen molar-refractivity contribution in [1.82, 2.24) is 9.80 Å². The molecule has 1 unspecified atom stereocenters. The monoisotopic (exact) mass is 174 g/mol. The molecule has 0 aromatic heterocycles. The molecule has 0 aliphatic heterocycles. The van der Waals surface area contributed by atoms with Crippen LogP contribution in [-0.2, 0) is 0 Å². The van der Waals surface area contributed by atoms with Crippen LogP contribution in [-0.4, -0.2) is 54.9 Å². The van der Waals surface area contributed by atoms with E-state index in [1.807, 2.05) is 39.9 Å². The molecule has 0 aromatic carbocycles. The van der Waals surface area contributed by atoms with Crippen molar-refractivity contribution >= 4 is 0 Å². The fourth-order valence-corrected chi connectivity index (χ4v) is 0.861. The molecule has 0 fully saturated rings. The van der Waals surface area contributed by atoms with Gasteiger partial charge in [-0.3, -0.25) is 4.90 Å². The maximum absolute atomic E-state index is 9.81. The Morgan fingerprint density at radius 3 is 2.00 bits per heavy atom. The molecule has 0 bridgehead atoms. The molecular formula is C9H22N2O. The average Bonchev–Trinajstić information content (AvgIpc) is 2.00. The second-order valence-electron chi connectivity index (χ2n) is 3.80. The zero-order valence-corrected chi connectivity index (χ0v) is 8.96. The molecule has 0 aliphatic carbocycles. The molecule has 0 rings (SSSR count). The van der Waals surface area contributed by atoms with Gasteiger partial charge in [-0.1, -0.05) is 6.92 Å². The Hall–Kier alpha value is -0.120. The van der Waals surface area contributed by atoms with Crippen LogP contribution in [0.1, 0.15) is 20.3 Å². The van der Waals surface area contributed by atoms with E-state index in [0.29, 0.717) is 0 Å². The van der Waals surface area contributed by atoms with Crippen LogP contribution in [0, 0.1) is 0 Å². The van der Waals surface area contributed by atoms with Crippen LogP contribution in [0.2, 0.25) is 0 Å². The molecule has 74 valence electrons. The Morgan fingerprint density at radius 2 is 1.67 bits per heavy atom. The topological polar surface area (TPSA) is 26.7 Å². The number of rotatable bonds is 5. The predicted octanol–water partition coefficient (Wildman–Crippen LogP) is 0.598. The molecule has 0 aromatic rings. The summed E-state index contributed by atoms with van der Waals surface area (Å²) in [5, 5.41) is 9.81. The van der Waals surface area contributed by atoms with Gasteiger partial charge >= 0.3 is 0 Å². The standard InChI is InChI=1S/C9H22N2O/c1-6-9(2,12)11(5)8-7-10(3)4/h12H,6-8H2,1-5H3. The van der Waals surface area contributed by atoms with Crippen LogP contribution < -0.4 is 0 Å². The van der Waals surface area contributed by atoms with Crippen molar-refractivity contribution in [2.75, 3.05) is 34.2 Å². The third-order valence-corrected chi connectivity index (χ3v) is 2.37. The Balaban J connectivity index is 3.78. The lowest BCUT2D eigenvalue weighted by Crippen LogP contribution is -2.45. The molecule has 1 N–H and O–H groups in total. The van der Waals surface area contributed by atoms with Crippen LogP contribution in [0.5, 0.6) is 0 Å². The van der Waals surface area contributed by atoms with Gasteiger partial charge in [-0.05, 0) is 34.5 Å². The van der Waals surface area contributed by atoms with E-state index >= 15 is 0 Å². The molecule has 0 saturated carbocycles. The lowest BCUT2D eigenvalue weighted by molar-refractivity contribution is -0.0833. The Kier molecular flexibility index (Phi) is 4.75. The van der Waals surface area contributed by atoms with Crippen LogP contribution >= 0.6 is 0 Å². The third-order valence-electron chi connectivity index (χ3n) is 2.37. The molecule has 3 nitrogen and oxygen atoms in total. The van der Waals surface area contributed by atoms with Crippen LogP contribution in [0.25, 0.3) is 0 Å². The number of nitrogens with zero attached hydrogens (tertiary/aromatic N) is 2. The number of hydrogen-bond acceptors (Lipinski definition) is 3. The molecule has 3 heteroatoms. The van der Waals surface area contributed by atoms with E-state index in [9.17, 15) is 5.11 Å². The first kappa shape index (κ1) is 11.9. The molecule has 12 heavy (non-hydrogen) atoms. The van der Waals surface area contributed by atoms with Gasteiger partial charge in [-0.25, -0.2) is 0 Å². The first-order valence-corrected chi connectivity index (χ1v) is 4.48. The highest BCUT2D eigenvalue weighted by Crippen LogP contribution is 2.12. The SMILES string of the molecule is CCC(C)(O)N(C)CCN(C)C. The second kappa shape index (κ2) is 4.80. The lowest BCUT2D eigenvalue weighted by atomic mass is 10.1. The number of likely N-dealkylation sites (N-methyl/N-ethyl adjacent to an activating group) is 2. The first-order chi connectivity index (χ1) is 5.40. The zero-order valence-electron chi connectivity index (χ0n) is 8.96. The van der Waals surface area contributed by atoms with Gasteiger partial charge in [0.25, 0.3) is 0 Å². The van der Waals surface area contributed by atoms with Gasteiger partial charge in [0.05, 0.1) is 0 Å². The highest BCUT2D eigenvalue weighted by atomic mass is 16.3. The summed E-state index contributed by atoms with van der Waals surface area (Å²) < 4.78 is 0. The minimum absolute atomic E-state index is 0.657. The van der Waals surface area contributed by atoms with Gasteiger partial charge in [0, 0.05) is 13.1 Å². The highest BCUT2D eigenvalue weighted by Gasteiger charge is 2.22.